The van der Waals surface area contributed by atoms with Crippen LogP contribution in [0, 0.1) is 6.92 Å². The Labute approximate surface area is 191 Å². The first kappa shape index (κ1) is 23.6. The number of ether oxygens (including phenoxy) is 1. The van der Waals surface area contributed by atoms with Crippen LogP contribution >= 0.6 is 0 Å². The van der Waals surface area contributed by atoms with Gasteiger partial charge in [-0.05, 0) is 37.1 Å². The summed E-state index contributed by atoms with van der Waals surface area (Å²) in [6, 6.07) is 11.1. The average molecular weight is 450 g/mol. The van der Waals surface area contributed by atoms with Crippen molar-refractivity contribution in [3.8, 4) is 5.75 Å². The molecule has 3 aromatic rings. The SMILES string of the molecule is C=CCNC(=O)c1cn(Cc2ccc(C)o2)cc(C(=O)NCCc2ccccc2OC)c1=O. The van der Waals surface area contributed by atoms with E-state index in [1.165, 1.54) is 18.5 Å². The maximum Gasteiger partial charge on any atom is 0.257 e. The van der Waals surface area contributed by atoms with Crippen molar-refractivity contribution >= 4 is 11.8 Å². The molecule has 3 rings (SSSR count). The number of benzene rings is 1. The van der Waals surface area contributed by atoms with Crippen LogP contribution in [0.4, 0.5) is 0 Å². The zero-order valence-corrected chi connectivity index (χ0v) is 18.7. The van der Waals surface area contributed by atoms with Gasteiger partial charge in [-0.3, -0.25) is 14.4 Å². The van der Waals surface area contributed by atoms with Gasteiger partial charge in [-0.15, -0.1) is 6.58 Å². The van der Waals surface area contributed by atoms with Gasteiger partial charge in [0.1, 0.15) is 28.4 Å². The van der Waals surface area contributed by atoms with Crippen molar-refractivity contribution in [3.63, 3.8) is 0 Å². The second-order valence-corrected chi connectivity index (χ2v) is 7.42. The van der Waals surface area contributed by atoms with E-state index >= 15 is 0 Å². The molecule has 0 spiro atoms. The van der Waals surface area contributed by atoms with Crippen LogP contribution in [-0.2, 0) is 13.0 Å². The smallest absolute Gasteiger partial charge is 0.257 e. The highest BCUT2D eigenvalue weighted by molar-refractivity contribution is 5.99. The molecule has 8 heteroatoms. The van der Waals surface area contributed by atoms with Crippen molar-refractivity contribution in [1.82, 2.24) is 15.2 Å². The maximum absolute atomic E-state index is 13.0. The lowest BCUT2D eigenvalue weighted by molar-refractivity contribution is 0.0951. The van der Waals surface area contributed by atoms with E-state index in [-0.39, 0.29) is 24.2 Å². The molecular formula is C25H27N3O5. The highest BCUT2D eigenvalue weighted by Crippen LogP contribution is 2.17. The monoisotopic (exact) mass is 449 g/mol. The highest BCUT2D eigenvalue weighted by Gasteiger charge is 2.19. The van der Waals surface area contributed by atoms with E-state index in [1.807, 2.05) is 37.3 Å². The maximum atomic E-state index is 13.0. The van der Waals surface area contributed by atoms with Gasteiger partial charge in [-0.2, -0.15) is 0 Å². The summed E-state index contributed by atoms with van der Waals surface area (Å²) in [5.41, 5.74) is 0.0451. The molecule has 0 bridgehead atoms. The van der Waals surface area contributed by atoms with Gasteiger partial charge in [0.2, 0.25) is 5.43 Å². The van der Waals surface area contributed by atoms with Crippen molar-refractivity contribution in [2.75, 3.05) is 20.2 Å². The predicted octanol–water partition coefficient (Wildman–Crippen LogP) is 2.69. The average Bonchev–Trinajstić information content (AvgIpc) is 3.22. The van der Waals surface area contributed by atoms with Crippen LogP contribution in [0.15, 0.2) is 70.7 Å². The summed E-state index contributed by atoms with van der Waals surface area (Å²) in [7, 11) is 1.59. The molecule has 2 amide bonds. The van der Waals surface area contributed by atoms with Gasteiger partial charge in [0.15, 0.2) is 0 Å². The number of carbonyl (C=O) groups excluding carboxylic acids is 2. The van der Waals surface area contributed by atoms with Crippen LogP contribution in [0.1, 0.15) is 37.8 Å². The van der Waals surface area contributed by atoms with Crippen molar-refractivity contribution < 1.29 is 18.7 Å². The lowest BCUT2D eigenvalue weighted by Crippen LogP contribution is -2.36. The molecule has 0 aliphatic heterocycles. The molecule has 0 aliphatic rings. The van der Waals surface area contributed by atoms with Gasteiger partial charge in [-0.25, -0.2) is 0 Å². The third-order valence-electron chi connectivity index (χ3n) is 4.98. The van der Waals surface area contributed by atoms with Gasteiger partial charge < -0.3 is 24.4 Å². The third-order valence-corrected chi connectivity index (χ3v) is 4.98. The Kier molecular flexibility index (Phi) is 7.86. The lowest BCUT2D eigenvalue weighted by Gasteiger charge is -2.12. The molecule has 33 heavy (non-hydrogen) atoms. The summed E-state index contributed by atoms with van der Waals surface area (Å²) in [6.45, 7) is 6.14. The number of hydrogen-bond acceptors (Lipinski definition) is 5. The summed E-state index contributed by atoms with van der Waals surface area (Å²) in [6.07, 6.45) is 4.89. The number of rotatable bonds is 10. The Morgan fingerprint density at radius 3 is 2.42 bits per heavy atom. The van der Waals surface area contributed by atoms with E-state index in [2.05, 4.69) is 17.2 Å². The normalized spacial score (nSPS) is 10.5. The summed E-state index contributed by atoms with van der Waals surface area (Å²) in [4.78, 5) is 38.4. The molecule has 0 saturated carbocycles. The predicted molar refractivity (Wildman–Crippen MR) is 125 cm³/mol. The first-order chi connectivity index (χ1) is 15.9. The van der Waals surface area contributed by atoms with Gasteiger partial charge in [0.25, 0.3) is 11.8 Å². The fraction of sp³-hybridized carbons (Fsp3) is 0.240. The van der Waals surface area contributed by atoms with E-state index < -0.39 is 17.2 Å². The number of furan rings is 1. The Hall–Kier alpha value is -4.07. The number of pyridine rings is 1. The molecule has 0 radical (unpaired) electrons. The standard InChI is InChI=1S/C25H27N3O5/c1-4-12-26-24(30)20-15-28(14-19-10-9-17(2)33-19)16-21(23(20)29)25(31)27-13-11-18-7-5-6-8-22(18)32-3/h4-10,15-16H,1,11-14H2,2-3H3,(H,26,30)(H,27,31). The Morgan fingerprint density at radius 1 is 1.09 bits per heavy atom. The lowest BCUT2D eigenvalue weighted by atomic mass is 10.1. The molecule has 2 aromatic heterocycles. The van der Waals surface area contributed by atoms with Gasteiger partial charge >= 0.3 is 0 Å². The quantitative estimate of drug-likeness (QED) is 0.464. The summed E-state index contributed by atoms with van der Waals surface area (Å²) in [5.74, 6) is 0.967. The van der Waals surface area contributed by atoms with Crippen LogP contribution in [0.3, 0.4) is 0 Å². The molecule has 0 unspecified atom stereocenters. The first-order valence-corrected chi connectivity index (χ1v) is 10.5. The van der Waals surface area contributed by atoms with Gasteiger partial charge in [0, 0.05) is 25.5 Å². The van der Waals surface area contributed by atoms with Gasteiger partial charge in [0.05, 0.1) is 13.7 Å². The Morgan fingerprint density at radius 2 is 1.79 bits per heavy atom. The second-order valence-electron chi connectivity index (χ2n) is 7.42. The summed E-state index contributed by atoms with van der Waals surface area (Å²) in [5, 5.41) is 5.35. The topological polar surface area (TPSA) is 103 Å². The molecule has 172 valence electrons. The number of nitrogens with one attached hydrogen (secondary N) is 2. The molecule has 0 atom stereocenters. The van der Waals surface area contributed by atoms with Crippen LogP contribution < -0.4 is 20.8 Å². The van der Waals surface area contributed by atoms with Crippen molar-refractivity contribution in [3.05, 3.63) is 99.9 Å². The van der Waals surface area contributed by atoms with E-state index in [0.29, 0.717) is 18.7 Å². The number of hydrogen-bond donors (Lipinski definition) is 2. The van der Waals surface area contributed by atoms with Crippen molar-refractivity contribution in [1.29, 1.82) is 0 Å². The number of amides is 2. The number of para-hydroxylation sites is 1. The number of carbonyl (C=O) groups is 2. The zero-order chi connectivity index (χ0) is 23.8. The first-order valence-electron chi connectivity index (χ1n) is 10.5. The number of aromatic nitrogens is 1. The number of methoxy groups -OCH3 is 1. The fourth-order valence-corrected chi connectivity index (χ4v) is 3.37. The molecule has 0 saturated heterocycles. The molecule has 0 fully saturated rings. The largest absolute Gasteiger partial charge is 0.496 e. The molecule has 8 nitrogen and oxygen atoms in total. The second kappa shape index (κ2) is 11.0. The van der Waals surface area contributed by atoms with Crippen LogP contribution in [0.25, 0.3) is 0 Å². The Bertz CT molecular complexity index is 1210. The van der Waals surface area contributed by atoms with Crippen LogP contribution in [0.5, 0.6) is 5.75 Å². The minimum absolute atomic E-state index is 0.121. The fourth-order valence-electron chi connectivity index (χ4n) is 3.37. The zero-order valence-electron chi connectivity index (χ0n) is 18.7. The molecule has 0 aliphatic carbocycles. The van der Waals surface area contributed by atoms with E-state index in [0.717, 1.165) is 17.1 Å². The van der Waals surface area contributed by atoms with Gasteiger partial charge in [-0.1, -0.05) is 24.3 Å². The number of nitrogens with zero attached hydrogens (tertiary/aromatic N) is 1. The highest BCUT2D eigenvalue weighted by atomic mass is 16.5. The van der Waals surface area contributed by atoms with E-state index in [4.69, 9.17) is 9.15 Å². The van der Waals surface area contributed by atoms with Crippen LogP contribution in [0.2, 0.25) is 0 Å². The molecule has 2 heterocycles. The van der Waals surface area contributed by atoms with Crippen LogP contribution in [-0.4, -0.2) is 36.6 Å². The summed E-state index contributed by atoms with van der Waals surface area (Å²) >= 11 is 0. The Balaban J connectivity index is 1.84. The summed E-state index contributed by atoms with van der Waals surface area (Å²) < 4.78 is 12.5. The minimum Gasteiger partial charge on any atom is -0.496 e. The van der Waals surface area contributed by atoms with E-state index in [1.54, 1.807) is 17.7 Å². The molecule has 2 N–H and O–H groups in total. The van der Waals surface area contributed by atoms with Crippen molar-refractivity contribution in [2.45, 2.75) is 19.9 Å². The molecular weight excluding hydrogens is 422 g/mol. The third kappa shape index (κ3) is 6.00. The molecule has 1 aromatic carbocycles. The van der Waals surface area contributed by atoms with Crippen molar-refractivity contribution in [2.24, 2.45) is 0 Å². The van der Waals surface area contributed by atoms with E-state index in [9.17, 15) is 14.4 Å². The minimum atomic E-state index is -0.641. The number of aryl methyl sites for hydroxylation is 1.